The molecule has 0 fully saturated rings. The van der Waals surface area contributed by atoms with E-state index in [2.05, 4.69) is 10.6 Å². The van der Waals surface area contributed by atoms with Gasteiger partial charge in [0.05, 0.1) is 24.9 Å². The number of nitrogens with one attached hydrogen (secondary N) is 2. The van der Waals surface area contributed by atoms with E-state index < -0.39 is 0 Å². The van der Waals surface area contributed by atoms with Crippen molar-refractivity contribution in [3.63, 3.8) is 0 Å². The van der Waals surface area contributed by atoms with Crippen molar-refractivity contribution in [1.82, 2.24) is 5.32 Å². The normalized spacial score (nSPS) is 9.95. The van der Waals surface area contributed by atoms with Gasteiger partial charge < -0.3 is 20.1 Å². The molecule has 0 heterocycles. The number of carbonyl (C=O) groups excluding carboxylic acids is 1. The second kappa shape index (κ2) is 7.56. The molecule has 0 aromatic heterocycles. The largest absolute Gasteiger partial charge is 0.495 e. The van der Waals surface area contributed by atoms with Crippen LogP contribution < -0.4 is 20.1 Å². The van der Waals surface area contributed by atoms with E-state index in [0.29, 0.717) is 28.8 Å². The molecule has 116 valence electrons. The first kappa shape index (κ1) is 16.0. The summed E-state index contributed by atoms with van der Waals surface area (Å²) < 4.78 is 10.3. The number of methoxy groups -OCH3 is 2. The standard InChI is InChI=1S/C16H17ClN2O3/c1-21-14-9-15(22-2)13(8-12(14)17)19-16(20)18-10-11-6-4-3-5-7-11/h3-9H,10H2,1-2H3,(H2,18,19,20). The Morgan fingerprint density at radius 2 is 1.77 bits per heavy atom. The van der Waals surface area contributed by atoms with Gasteiger partial charge >= 0.3 is 6.03 Å². The maximum Gasteiger partial charge on any atom is 0.319 e. The maximum atomic E-state index is 12.0. The van der Waals surface area contributed by atoms with Crippen LogP contribution in [-0.4, -0.2) is 20.3 Å². The zero-order chi connectivity index (χ0) is 15.9. The molecule has 2 amide bonds. The Morgan fingerprint density at radius 1 is 1.09 bits per heavy atom. The molecule has 0 spiro atoms. The Balaban J connectivity index is 2.03. The van der Waals surface area contributed by atoms with E-state index in [9.17, 15) is 4.79 Å². The van der Waals surface area contributed by atoms with Crippen molar-refractivity contribution in [2.75, 3.05) is 19.5 Å². The molecule has 5 nitrogen and oxygen atoms in total. The molecule has 0 aliphatic rings. The lowest BCUT2D eigenvalue weighted by atomic mass is 10.2. The Morgan fingerprint density at radius 3 is 2.41 bits per heavy atom. The lowest BCUT2D eigenvalue weighted by molar-refractivity contribution is 0.251. The molecule has 2 aromatic rings. The predicted octanol–water partition coefficient (Wildman–Crippen LogP) is 3.68. The molecule has 22 heavy (non-hydrogen) atoms. The van der Waals surface area contributed by atoms with E-state index in [1.807, 2.05) is 30.3 Å². The van der Waals surface area contributed by atoms with Gasteiger partial charge in [-0.3, -0.25) is 0 Å². The molecule has 2 aromatic carbocycles. The topological polar surface area (TPSA) is 59.6 Å². The molecule has 0 atom stereocenters. The highest BCUT2D eigenvalue weighted by Crippen LogP contribution is 2.35. The minimum absolute atomic E-state index is 0.344. The number of rotatable bonds is 5. The van der Waals surface area contributed by atoms with Gasteiger partial charge in [0.25, 0.3) is 0 Å². The van der Waals surface area contributed by atoms with Crippen molar-refractivity contribution in [3.05, 3.63) is 53.1 Å². The number of carbonyl (C=O) groups is 1. The van der Waals surface area contributed by atoms with Crippen LogP contribution in [0, 0.1) is 0 Å². The summed E-state index contributed by atoms with van der Waals surface area (Å²) in [5, 5.41) is 5.87. The zero-order valence-electron chi connectivity index (χ0n) is 12.4. The van der Waals surface area contributed by atoms with Crippen molar-refractivity contribution >= 4 is 23.3 Å². The summed E-state index contributed by atoms with van der Waals surface area (Å²) in [5.41, 5.74) is 1.48. The summed E-state index contributed by atoms with van der Waals surface area (Å²) in [6.07, 6.45) is 0. The van der Waals surface area contributed by atoms with Crippen LogP contribution in [0.15, 0.2) is 42.5 Å². The van der Waals surface area contributed by atoms with Gasteiger partial charge in [-0.2, -0.15) is 0 Å². The quantitative estimate of drug-likeness (QED) is 0.883. The van der Waals surface area contributed by atoms with Crippen LogP contribution in [0.2, 0.25) is 5.02 Å². The highest BCUT2D eigenvalue weighted by Gasteiger charge is 2.12. The van der Waals surface area contributed by atoms with Gasteiger partial charge in [0, 0.05) is 12.6 Å². The third kappa shape index (κ3) is 4.05. The minimum Gasteiger partial charge on any atom is -0.495 e. The molecule has 0 saturated carbocycles. The predicted molar refractivity (Wildman–Crippen MR) is 86.9 cm³/mol. The molecular weight excluding hydrogens is 304 g/mol. The van der Waals surface area contributed by atoms with Gasteiger partial charge in [0.1, 0.15) is 11.5 Å². The Bertz CT molecular complexity index is 647. The number of amides is 2. The summed E-state index contributed by atoms with van der Waals surface area (Å²) in [6.45, 7) is 0.429. The van der Waals surface area contributed by atoms with Gasteiger partial charge in [-0.05, 0) is 11.6 Å². The fourth-order valence-corrected chi connectivity index (χ4v) is 2.14. The molecule has 0 saturated heterocycles. The van der Waals surface area contributed by atoms with Crippen molar-refractivity contribution in [1.29, 1.82) is 0 Å². The van der Waals surface area contributed by atoms with Gasteiger partial charge in [0.15, 0.2) is 0 Å². The average Bonchev–Trinajstić information content (AvgIpc) is 2.54. The van der Waals surface area contributed by atoms with Crippen LogP contribution in [0.1, 0.15) is 5.56 Å². The van der Waals surface area contributed by atoms with Crippen LogP contribution in [0.25, 0.3) is 0 Å². The van der Waals surface area contributed by atoms with Gasteiger partial charge in [-0.15, -0.1) is 0 Å². The van der Waals surface area contributed by atoms with E-state index in [0.717, 1.165) is 5.56 Å². The number of benzene rings is 2. The third-order valence-electron chi connectivity index (χ3n) is 3.02. The average molecular weight is 321 g/mol. The van der Waals surface area contributed by atoms with E-state index in [1.54, 1.807) is 12.1 Å². The van der Waals surface area contributed by atoms with Gasteiger partial charge in [-0.1, -0.05) is 41.9 Å². The summed E-state index contributed by atoms with van der Waals surface area (Å²) in [5.74, 6) is 0.949. The van der Waals surface area contributed by atoms with Crippen LogP contribution in [0.5, 0.6) is 11.5 Å². The SMILES string of the molecule is COc1cc(OC)c(NC(=O)NCc2ccccc2)cc1Cl. The molecule has 0 unspecified atom stereocenters. The number of ether oxygens (including phenoxy) is 2. The Kier molecular flexibility index (Phi) is 5.49. The summed E-state index contributed by atoms with van der Waals surface area (Å²) in [7, 11) is 3.02. The fraction of sp³-hybridized carbons (Fsp3) is 0.188. The number of hydrogen-bond donors (Lipinski definition) is 2. The molecule has 2 rings (SSSR count). The van der Waals surface area contributed by atoms with Crippen molar-refractivity contribution in [3.8, 4) is 11.5 Å². The van der Waals surface area contributed by atoms with Crippen LogP contribution >= 0.6 is 11.6 Å². The van der Waals surface area contributed by atoms with Crippen molar-refractivity contribution in [2.24, 2.45) is 0 Å². The highest BCUT2D eigenvalue weighted by atomic mass is 35.5. The number of hydrogen-bond acceptors (Lipinski definition) is 3. The second-order valence-electron chi connectivity index (χ2n) is 4.48. The van der Waals surface area contributed by atoms with E-state index in [-0.39, 0.29) is 6.03 Å². The first-order chi connectivity index (χ1) is 10.6. The first-order valence-corrected chi connectivity index (χ1v) is 7.02. The Labute approximate surface area is 134 Å². The monoisotopic (exact) mass is 320 g/mol. The van der Waals surface area contributed by atoms with Gasteiger partial charge in [0.2, 0.25) is 0 Å². The fourth-order valence-electron chi connectivity index (χ4n) is 1.90. The first-order valence-electron chi connectivity index (χ1n) is 6.64. The van der Waals surface area contributed by atoms with Crippen LogP contribution in [0.3, 0.4) is 0 Å². The lowest BCUT2D eigenvalue weighted by Crippen LogP contribution is -2.28. The molecular formula is C16H17ClN2O3. The third-order valence-corrected chi connectivity index (χ3v) is 3.31. The van der Waals surface area contributed by atoms with Crippen molar-refractivity contribution < 1.29 is 14.3 Å². The second-order valence-corrected chi connectivity index (χ2v) is 4.89. The lowest BCUT2D eigenvalue weighted by Gasteiger charge is -2.13. The number of urea groups is 1. The summed E-state index contributed by atoms with van der Waals surface area (Å²) in [4.78, 5) is 12.0. The molecule has 0 aliphatic carbocycles. The smallest absolute Gasteiger partial charge is 0.319 e. The summed E-state index contributed by atoms with van der Waals surface area (Å²) in [6, 6.07) is 12.5. The molecule has 0 radical (unpaired) electrons. The minimum atomic E-state index is -0.344. The van der Waals surface area contributed by atoms with Crippen LogP contribution in [0.4, 0.5) is 10.5 Å². The molecule has 0 bridgehead atoms. The molecule has 6 heteroatoms. The molecule has 2 N–H and O–H groups in total. The van der Waals surface area contributed by atoms with E-state index >= 15 is 0 Å². The van der Waals surface area contributed by atoms with Crippen molar-refractivity contribution in [2.45, 2.75) is 6.54 Å². The van der Waals surface area contributed by atoms with Crippen LogP contribution in [-0.2, 0) is 6.54 Å². The van der Waals surface area contributed by atoms with E-state index in [4.69, 9.17) is 21.1 Å². The Hall–Kier alpha value is -2.40. The zero-order valence-corrected chi connectivity index (χ0v) is 13.1. The highest BCUT2D eigenvalue weighted by molar-refractivity contribution is 6.32. The molecule has 0 aliphatic heterocycles. The summed E-state index contributed by atoms with van der Waals surface area (Å²) >= 11 is 6.06. The van der Waals surface area contributed by atoms with Gasteiger partial charge in [-0.25, -0.2) is 4.79 Å². The van der Waals surface area contributed by atoms with E-state index in [1.165, 1.54) is 14.2 Å². The number of anilines is 1. The maximum absolute atomic E-state index is 12.0. The number of halogens is 1.